The molecule has 1 N–H and O–H groups in total. The second-order valence-corrected chi connectivity index (χ2v) is 8.16. The van der Waals surface area contributed by atoms with Gasteiger partial charge in [-0.3, -0.25) is 0 Å². The molecule has 0 unspecified atom stereocenters. The summed E-state index contributed by atoms with van der Waals surface area (Å²) in [4.78, 5) is 1.94. The molecule has 1 aromatic rings. The van der Waals surface area contributed by atoms with Crippen molar-refractivity contribution in [2.45, 2.75) is 19.4 Å². The molecule has 0 radical (unpaired) electrons. The largest absolute Gasteiger partial charge is 0.383 e. The van der Waals surface area contributed by atoms with Gasteiger partial charge in [-0.15, -0.1) is 0 Å². The average molecular weight is 342 g/mol. The maximum Gasteiger partial charge on any atom is 0.173 e. The second kappa shape index (κ2) is 7.39. The van der Waals surface area contributed by atoms with E-state index in [1.807, 2.05) is 36.1 Å². The fraction of sp³-hybridized carbons (Fsp3) is 0.533. The zero-order valence-electron chi connectivity index (χ0n) is 12.9. The first-order chi connectivity index (χ1) is 10.4. The van der Waals surface area contributed by atoms with Gasteiger partial charge in [-0.1, -0.05) is 12.1 Å². The van der Waals surface area contributed by atoms with E-state index in [0.29, 0.717) is 24.7 Å². The Kier molecular flexibility index (Phi) is 5.77. The molecule has 1 heterocycles. The minimum Gasteiger partial charge on any atom is -0.383 e. The molecule has 0 aliphatic carbocycles. The Bertz CT molecular complexity index is 631. The highest BCUT2D eigenvalue weighted by molar-refractivity contribution is 7.91. The number of nitrogens with one attached hydrogen (secondary N) is 1. The molecule has 1 aliphatic rings. The molecule has 5 nitrogen and oxygen atoms in total. The Morgan fingerprint density at radius 2 is 2.27 bits per heavy atom. The van der Waals surface area contributed by atoms with Crippen LogP contribution < -0.4 is 5.32 Å². The Hall–Kier alpha value is -1.18. The van der Waals surface area contributed by atoms with Gasteiger partial charge in [0.15, 0.2) is 14.9 Å². The number of methoxy groups -OCH3 is 1. The van der Waals surface area contributed by atoms with Crippen LogP contribution in [0.2, 0.25) is 0 Å². The summed E-state index contributed by atoms with van der Waals surface area (Å²) in [6, 6.07) is 7.84. The summed E-state index contributed by atoms with van der Waals surface area (Å²) in [5.74, 6) is 0.389. The number of rotatable bonds is 5. The minimum absolute atomic E-state index is 0.0787. The van der Waals surface area contributed by atoms with Gasteiger partial charge in [0.05, 0.1) is 18.1 Å². The van der Waals surface area contributed by atoms with Crippen molar-refractivity contribution in [2.75, 3.05) is 37.1 Å². The molecule has 0 aromatic heterocycles. The first-order valence-electron chi connectivity index (χ1n) is 7.25. The third kappa shape index (κ3) is 4.66. The molecular weight excluding hydrogens is 320 g/mol. The SMILES string of the molecule is COCCN(C(=S)Nc1cccc(C)c1)[C@@H]1CCS(=O)(=O)C1. The number of hydrogen-bond donors (Lipinski definition) is 1. The molecule has 1 aliphatic heterocycles. The van der Waals surface area contributed by atoms with Gasteiger partial charge in [-0.05, 0) is 43.3 Å². The van der Waals surface area contributed by atoms with Gasteiger partial charge >= 0.3 is 0 Å². The molecule has 0 amide bonds. The zero-order valence-corrected chi connectivity index (χ0v) is 14.5. The monoisotopic (exact) mass is 342 g/mol. The molecule has 0 saturated carbocycles. The standard InChI is InChI=1S/C15H22N2O3S2/c1-12-4-3-5-13(10-12)16-15(21)17(7-8-20-2)14-6-9-22(18,19)11-14/h3-5,10,14H,6-9,11H2,1-2H3,(H,16,21)/t14-/m1/s1. The summed E-state index contributed by atoms with van der Waals surface area (Å²) in [5.41, 5.74) is 2.05. The van der Waals surface area contributed by atoms with Crippen LogP contribution in [-0.4, -0.2) is 56.2 Å². The fourth-order valence-corrected chi connectivity index (χ4v) is 4.67. The van der Waals surface area contributed by atoms with E-state index in [4.69, 9.17) is 17.0 Å². The first kappa shape index (κ1) is 17.2. The lowest BCUT2D eigenvalue weighted by molar-refractivity contribution is 0.166. The van der Waals surface area contributed by atoms with Crippen molar-refractivity contribution in [3.05, 3.63) is 29.8 Å². The predicted octanol–water partition coefficient (Wildman–Crippen LogP) is 1.83. The number of sulfone groups is 1. The Balaban J connectivity index is 2.09. The summed E-state index contributed by atoms with van der Waals surface area (Å²) in [6.07, 6.45) is 0.613. The highest BCUT2D eigenvalue weighted by atomic mass is 32.2. The Labute approximate surface area is 137 Å². The first-order valence-corrected chi connectivity index (χ1v) is 9.48. The van der Waals surface area contributed by atoms with Gasteiger partial charge in [-0.25, -0.2) is 8.42 Å². The second-order valence-electron chi connectivity index (χ2n) is 5.54. The summed E-state index contributed by atoms with van der Waals surface area (Å²) in [6.45, 7) is 3.10. The zero-order chi connectivity index (χ0) is 16.2. The molecule has 1 atom stereocenters. The lowest BCUT2D eigenvalue weighted by Crippen LogP contribution is -2.45. The molecule has 7 heteroatoms. The number of aryl methyl sites for hydroxylation is 1. The van der Waals surface area contributed by atoms with Gasteiger partial charge in [0, 0.05) is 25.4 Å². The van der Waals surface area contributed by atoms with E-state index in [1.165, 1.54) is 0 Å². The Morgan fingerprint density at radius 1 is 1.50 bits per heavy atom. The smallest absolute Gasteiger partial charge is 0.173 e. The van der Waals surface area contributed by atoms with Gasteiger partial charge in [0.1, 0.15) is 0 Å². The van der Waals surface area contributed by atoms with Crippen molar-refractivity contribution in [2.24, 2.45) is 0 Å². The van der Waals surface area contributed by atoms with E-state index in [1.54, 1.807) is 7.11 Å². The minimum atomic E-state index is -2.95. The van der Waals surface area contributed by atoms with Gasteiger partial charge in [0.25, 0.3) is 0 Å². The molecule has 1 saturated heterocycles. The van der Waals surface area contributed by atoms with Crippen molar-refractivity contribution < 1.29 is 13.2 Å². The number of thiocarbonyl (C=S) groups is 1. The molecule has 2 rings (SSSR count). The number of ether oxygens (including phenoxy) is 1. The van der Waals surface area contributed by atoms with Gasteiger partial charge < -0.3 is 15.0 Å². The van der Waals surface area contributed by atoms with E-state index in [0.717, 1.165) is 11.3 Å². The van der Waals surface area contributed by atoms with E-state index in [2.05, 4.69) is 5.32 Å². The van der Waals surface area contributed by atoms with Crippen molar-refractivity contribution >= 4 is 32.9 Å². The summed E-state index contributed by atoms with van der Waals surface area (Å²) < 4.78 is 28.6. The maximum atomic E-state index is 11.7. The number of anilines is 1. The highest BCUT2D eigenvalue weighted by Crippen LogP contribution is 2.19. The number of nitrogens with zero attached hydrogens (tertiary/aromatic N) is 1. The number of hydrogen-bond acceptors (Lipinski definition) is 4. The molecule has 0 bridgehead atoms. The number of benzene rings is 1. The van der Waals surface area contributed by atoms with Crippen LogP contribution in [0.25, 0.3) is 0 Å². The summed E-state index contributed by atoms with van der Waals surface area (Å²) in [5, 5.41) is 3.75. The molecule has 22 heavy (non-hydrogen) atoms. The van der Waals surface area contributed by atoms with E-state index in [-0.39, 0.29) is 17.5 Å². The predicted molar refractivity (Wildman–Crippen MR) is 93.0 cm³/mol. The lowest BCUT2D eigenvalue weighted by Gasteiger charge is -2.30. The normalized spacial score (nSPS) is 19.8. The molecule has 0 spiro atoms. The van der Waals surface area contributed by atoms with Crippen LogP contribution in [0.4, 0.5) is 5.69 Å². The topological polar surface area (TPSA) is 58.6 Å². The van der Waals surface area contributed by atoms with Crippen LogP contribution >= 0.6 is 12.2 Å². The van der Waals surface area contributed by atoms with Crippen LogP contribution in [0.15, 0.2) is 24.3 Å². The van der Waals surface area contributed by atoms with Crippen LogP contribution in [-0.2, 0) is 14.6 Å². The quantitative estimate of drug-likeness (QED) is 0.824. The van der Waals surface area contributed by atoms with Crippen LogP contribution in [0, 0.1) is 6.92 Å². The molecule has 1 aromatic carbocycles. The van der Waals surface area contributed by atoms with E-state index in [9.17, 15) is 8.42 Å². The van der Waals surface area contributed by atoms with Crippen LogP contribution in [0.3, 0.4) is 0 Å². The van der Waals surface area contributed by atoms with Crippen molar-refractivity contribution in [1.82, 2.24) is 4.90 Å². The summed E-state index contributed by atoms with van der Waals surface area (Å²) >= 11 is 5.49. The lowest BCUT2D eigenvalue weighted by atomic mass is 10.2. The molecule has 1 fully saturated rings. The Morgan fingerprint density at radius 3 is 2.86 bits per heavy atom. The molecular formula is C15H22N2O3S2. The third-order valence-electron chi connectivity index (χ3n) is 3.72. The average Bonchev–Trinajstić information content (AvgIpc) is 2.79. The van der Waals surface area contributed by atoms with Gasteiger partial charge in [0.2, 0.25) is 0 Å². The van der Waals surface area contributed by atoms with E-state index >= 15 is 0 Å². The van der Waals surface area contributed by atoms with Crippen LogP contribution in [0.1, 0.15) is 12.0 Å². The third-order valence-corrected chi connectivity index (χ3v) is 5.80. The van der Waals surface area contributed by atoms with Crippen molar-refractivity contribution in [3.63, 3.8) is 0 Å². The van der Waals surface area contributed by atoms with Gasteiger partial charge in [-0.2, -0.15) is 0 Å². The highest BCUT2D eigenvalue weighted by Gasteiger charge is 2.33. The maximum absolute atomic E-state index is 11.7. The van der Waals surface area contributed by atoms with Crippen molar-refractivity contribution in [1.29, 1.82) is 0 Å². The van der Waals surface area contributed by atoms with Crippen molar-refractivity contribution in [3.8, 4) is 0 Å². The fourth-order valence-electron chi connectivity index (χ4n) is 2.58. The summed E-state index contributed by atoms with van der Waals surface area (Å²) in [7, 11) is -1.32. The van der Waals surface area contributed by atoms with Crippen LogP contribution in [0.5, 0.6) is 0 Å². The molecule has 122 valence electrons. The van der Waals surface area contributed by atoms with E-state index < -0.39 is 9.84 Å².